The van der Waals surface area contributed by atoms with Crippen molar-refractivity contribution in [1.29, 1.82) is 0 Å². The summed E-state index contributed by atoms with van der Waals surface area (Å²) in [7, 11) is 0. The van der Waals surface area contributed by atoms with E-state index in [1.54, 1.807) is 0 Å². The maximum atomic E-state index is 11.7. The van der Waals surface area contributed by atoms with Gasteiger partial charge in [0, 0.05) is 4.90 Å². The van der Waals surface area contributed by atoms with Crippen LogP contribution in [0.3, 0.4) is 0 Å². The highest BCUT2D eigenvalue weighted by Crippen LogP contribution is 2.17. The van der Waals surface area contributed by atoms with Crippen LogP contribution in [0.15, 0.2) is 53.4 Å². The van der Waals surface area contributed by atoms with Gasteiger partial charge < -0.3 is 4.74 Å². The highest BCUT2D eigenvalue weighted by molar-refractivity contribution is 8.00. The maximum absolute atomic E-state index is 11.7. The lowest BCUT2D eigenvalue weighted by Gasteiger charge is -2.09. The van der Waals surface area contributed by atoms with Gasteiger partial charge in [-0.05, 0) is 43.7 Å². The van der Waals surface area contributed by atoms with Crippen molar-refractivity contribution < 1.29 is 14.3 Å². The molecule has 0 unspecified atom stereocenters. The summed E-state index contributed by atoms with van der Waals surface area (Å²) >= 11 is 1.42. The van der Waals surface area contributed by atoms with E-state index in [-0.39, 0.29) is 30.6 Å². The van der Waals surface area contributed by atoms with Crippen molar-refractivity contribution >= 4 is 23.6 Å². The van der Waals surface area contributed by atoms with Crippen molar-refractivity contribution in [2.45, 2.75) is 25.2 Å². The molecule has 0 aliphatic rings. The Morgan fingerprint density at radius 2 is 1.68 bits per heavy atom. The molecule has 0 atom stereocenters. The highest BCUT2D eigenvalue weighted by Gasteiger charge is 2.06. The predicted molar refractivity (Wildman–Crippen MR) is 99.5 cm³/mol. The first kappa shape index (κ1) is 18.9. The number of carbonyl (C=O) groups is 2. The summed E-state index contributed by atoms with van der Waals surface area (Å²) < 4.78 is 5.50. The molecule has 2 aromatic carbocycles. The first-order valence-corrected chi connectivity index (χ1v) is 8.98. The Bertz CT molecular complexity index is 717. The van der Waals surface area contributed by atoms with E-state index in [0.29, 0.717) is 0 Å². The average Bonchev–Trinajstić information content (AvgIpc) is 2.59. The van der Waals surface area contributed by atoms with E-state index in [4.69, 9.17) is 4.74 Å². The van der Waals surface area contributed by atoms with Gasteiger partial charge in [-0.3, -0.25) is 20.4 Å². The summed E-state index contributed by atoms with van der Waals surface area (Å²) in [4.78, 5) is 24.5. The van der Waals surface area contributed by atoms with Gasteiger partial charge in [-0.2, -0.15) is 0 Å². The fourth-order valence-corrected chi connectivity index (χ4v) is 2.69. The molecule has 2 aromatic rings. The Balaban J connectivity index is 1.60. The maximum Gasteiger partial charge on any atom is 0.248 e. The number of hydrogen-bond acceptors (Lipinski definition) is 4. The number of amides is 2. The summed E-state index contributed by atoms with van der Waals surface area (Å²) in [5.74, 6) is 0.426. The van der Waals surface area contributed by atoms with Crippen LogP contribution in [-0.4, -0.2) is 24.2 Å². The first-order chi connectivity index (χ1) is 12.0. The number of thioether (sulfide) groups is 1. The molecule has 6 heteroatoms. The Kier molecular flexibility index (Phi) is 7.35. The normalized spacial score (nSPS) is 10.2. The van der Waals surface area contributed by atoms with E-state index in [1.807, 2.05) is 62.4 Å². The van der Waals surface area contributed by atoms with Gasteiger partial charge in [-0.1, -0.05) is 29.8 Å². The number of hydrazine groups is 1. The number of ether oxygens (including phenoxy) is 1. The molecule has 0 heterocycles. The van der Waals surface area contributed by atoms with Gasteiger partial charge in [0.25, 0.3) is 0 Å². The molecule has 0 aromatic heterocycles. The van der Waals surface area contributed by atoms with Crippen LogP contribution in [-0.2, 0) is 9.59 Å². The topological polar surface area (TPSA) is 67.4 Å². The number of carbonyl (C=O) groups excluding carboxylic acids is 2. The summed E-state index contributed by atoms with van der Waals surface area (Å²) in [6, 6.07) is 15.5. The Morgan fingerprint density at radius 1 is 0.960 bits per heavy atom. The Morgan fingerprint density at radius 3 is 2.40 bits per heavy atom. The number of rotatable bonds is 7. The van der Waals surface area contributed by atoms with E-state index in [9.17, 15) is 9.59 Å². The summed E-state index contributed by atoms with van der Waals surface area (Å²) in [5.41, 5.74) is 7.07. The van der Waals surface area contributed by atoms with Crippen LogP contribution < -0.4 is 15.6 Å². The van der Waals surface area contributed by atoms with Crippen molar-refractivity contribution in [2.24, 2.45) is 0 Å². The van der Waals surface area contributed by atoms with E-state index in [1.165, 1.54) is 17.3 Å². The summed E-state index contributed by atoms with van der Waals surface area (Å²) in [6.45, 7) is 4.24. The van der Waals surface area contributed by atoms with E-state index >= 15 is 0 Å². The van der Waals surface area contributed by atoms with E-state index in [0.717, 1.165) is 16.2 Å². The van der Waals surface area contributed by atoms with Crippen LogP contribution in [0.5, 0.6) is 5.75 Å². The molecule has 2 N–H and O–H groups in total. The third-order valence-corrected chi connectivity index (χ3v) is 4.33. The standard InChI is InChI=1S/C19H22N2O3S/c1-14-6-8-17(9-7-14)25-13-19(23)21-20-18(22)10-11-24-16-5-3-4-15(2)12-16/h3-9,12H,10-11,13H2,1-2H3,(H,20,22)(H,21,23). The average molecular weight is 358 g/mol. The zero-order valence-corrected chi connectivity index (χ0v) is 15.2. The van der Waals surface area contributed by atoms with Crippen LogP contribution >= 0.6 is 11.8 Å². The third kappa shape index (κ3) is 7.30. The minimum Gasteiger partial charge on any atom is -0.493 e. The van der Waals surface area contributed by atoms with Crippen LogP contribution in [0, 0.1) is 13.8 Å². The van der Waals surface area contributed by atoms with Gasteiger partial charge in [0.2, 0.25) is 11.8 Å². The fraction of sp³-hybridized carbons (Fsp3) is 0.263. The molecule has 0 saturated carbocycles. The monoisotopic (exact) mass is 358 g/mol. The molecule has 0 aliphatic heterocycles. The summed E-state index contributed by atoms with van der Waals surface area (Å²) in [5, 5.41) is 0. The molecule has 0 fully saturated rings. The smallest absolute Gasteiger partial charge is 0.248 e. The van der Waals surface area contributed by atoms with Gasteiger partial charge >= 0.3 is 0 Å². The molecule has 0 aliphatic carbocycles. The molecule has 0 saturated heterocycles. The minimum atomic E-state index is -0.290. The van der Waals surface area contributed by atoms with Crippen molar-refractivity contribution in [3.8, 4) is 5.75 Å². The van der Waals surface area contributed by atoms with Crippen LogP contribution in [0.25, 0.3) is 0 Å². The molecule has 0 bridgehead atoms. The Hall–Kier alpha value is -2.47. The second-order valence-electron chi connectivity index (χ2n) is 5.61. The van der Waals surface area contributed by atoms with Gasteiger partial charge in [0.1, 0.15) is 5.75 Å². The molecule has 132 valence electrons. The lowest BCUT2D eigenvalue weighted by atomic mass is 10.2. The van der Waals surface area contributed by atoms with Crippen LogP contribution in [0.2, 0.25) is 0 Å². The zero-order chi connectivity index (χ0) is 18.1. The lowest BCUT2D eigenvalue weighted by Crippen LogP contribution is -2.42. The number of nitrogens with one attached hydrogen (secondary N) is 2. The second-order valence-corrected chi connectivity index (χ2v) is 6.66. The molecule has 2 rings (SSSR count). The van der Waals surface area contributed by atoms with Crippen LogP contribution in [0.1, 0.15) is 17.5 Å². The Labute approximate surface area is 152 Å². The molecule has 5 nitrogen and oxygen atoms in total. The van der Waals surface area contributed by atoms with Gasteiger partial charge in [0.05, 0.1) is 18.8 Å². The molecular formula is C19H22N2O3S. The zero-order valence-electron chi connectivity index (χ0n) is 14.4. The predicted octanol–water partition coefficient (Wildman–Crippen LogP) is 3.01. The quantitative estimate of drug-likeness (QED) is 0.590. The molecule has 0 radical (unpaired) electrons. The largest absolute Gasteiger partial charge is 0.493 e. The first-order valence-electron chi connectivity index (χ1n) is 7.99. The lowest BCUT2D eigenvalue weighted by molar-refractivity contribution is -0.127. The van der Waals surface area contributed by atoms with Crippen molar-refractivity contribution in [3.63, 3.8) is 0 Å². The molecular weight excluding hydrogens is 336 g/mol. The fourth-order valence-electron chi connectivity index (χ4n) is 1.99. The number of hydrogen-bond donors (Lipinski definition) is 2. The SMILES string of the molecule is Cc1ccc(SCC(=O)NNC(=O)CCOc2cccc(C)c2)cc1. The van der Waals surface area contributed by atoms with Crippen LogP contribution in [0.4, 0.5) is 0 Å². The third-order valence-electron chi connectivity index (χ3n) is 3.32. The van der Waals surface area contributed by atoms with E-state index < -0.39 is 0 Å². The number of aryl methyl sites for hydroxylation is 2. The van der Waals surface area contributed by atoms with Crippen molar-refractivity contribution in [2.75, 3.05) is 12.4 Å². The molecule has 2 amide bonds. The number of benzene rings is 2. The van der Waals surface area contributed by atoms with Gasteiger partial charge in [-0.15, -0.1) is 11.8 Å². The van der Waals surface area contributed by atoms with Gasteiger partial charge in [0.15, 0.2) is 0 Å². The minimum absolute atomic E-state index is 0.166. The molecule has 25 heavy (non-hydrogen) atoms. The van der Waals surface area contributed by atoms with Gasteiger partial charge in [-0.25, -0.2) is 0 Å². The van der Waals surface area contributed by atoms with Crippen molar-refractivity contribution in [1.82, 2.24) is 10.9 Å². The second kappa shape index (κ2) is 9.74. The van der Waals surface area contributed by atoms with Crippen molar-refractivity contribution in [3.05, 3.63) is 59.7 Å². The van der Waals surface area contributed by atoms with E-state index in [2.05, 4.69) is 10.9 Å². The summed E-state index contributed by atoms with van der Waals surface area (Å²) in [6.07, 6.45) is 0.166. The molecule has 0 spiro atoms. The highest BCUT2D eigenvalue weighted by atomic mass is 32.2.